The van der Waals surface area contributed by atoms with Crippen LogP contribution in [0.4, 0.5) is 0 Å². The zero-order chi connectivity index (χ0) is 30.7. The van der Waals surface area contributed by atoms with Crippen molar-refractivity contribution in [3.8, 4) is 5.75 Å². The van der Waals surface area contributed by atoms with Gasteiger partial charge >= 0.3 is 0 Å². The van der Waals surface area contributed by atoms with Crippen molar-refractivity contribution in [2.24, 2.45) is 23.7 Å². The van der Waals surface area contributed by atoms with Gasteiger partial charge in [-0.05, 0) is 54.9 Å². The lowest BCUT2D eigenvalue weighted by molar-refractivity contribution is -0.140. The minimum Gasteiger partial charge on any atom is -0.507 e. The van der Waals surface area contributed by atoms with Gasteiger partial charge in [0.25, 0.3) is 0 Å². The molecule has 2 amide bonds. The van der Waals surface area contributed by atoms with Gasteiger partial charge in [0.05, 0.1) is 17.3 Å². The number of imide groups is 1. The van der Waals surface area contributed by atoms with Gasteiger partial charge in [0.15, 0.2) is 11.6 Å². The number of carbonyl (C=O) groups excluding carboxylic acids is 4. The van der Waals surface area contributed by atoms with E-state index >= 15 is 0 Å². The molecule has 44 heavy (non-hydrogen) atoms. The van der Waals surface area contributed by atoms with Crippen LogP contribution in [-0.2, 0) is 24.6 Å². The monoisotopic (exact) mass is 585 g/mol. The number of hydrogen-bond acceptors (Lipinski definition) is 5. The number of Topliss-reactive ketones (excluding diaryl/α,β-unsaturated/α-hetero) is 1. The molecule has 1 saturated carbocycles. The van der Waals surface area contributed by atoms with E-state index in [-0.39, 0.29) is 35.6 Å². The van der Waals surface area contributed by atoms with E-state index in [1.54, 1.807) is 0 Å². The van der Waals surface area contributed by atoms with Gasteiger partial charge in [-0.3, -0.25) is 24.1 Å². The van der Waals surface area contributed by atoms with Crippen LogP contribution in [-0.4, -0.2) is 39.9 Å². The number of aromatic hydroxyl groups is 1. The zero-order valence-corrected chi connectivity index (χ0v) is 24.9. The first kappa shape index (κ1) is 28.2. The summed E-state index contributed by atoms with van der Waals surface area (Å²) in [6.07, 6.45) is 4.85. The van der Waals surface area contributed by atoms with Crippen LogP contribution in [0.15, 0.2) is 96.6 Å². The van der Waals surface area contributed by atoms with Crippen LogP contribution >= 0.6 is 0 Å². The second kappa shape index (κ2) is 10.5. The highest BCUT2D eigenvalue weighted by molar-refractivity contribution is 6.31. The molecule has 6 nitrogen and oxygen atoms in total. The van der Waals surface area contributed by atoms with E-state index in [0.29, 0.717) is 47.2 Å². The van der Waals surface area contributed by atoms with Crippen LogP contribution < -0.4 is 0 Å². The van der Waals surface area contributed by atoms with Crippen molar-refractivity contribution in [3.05, 3.63) is 119 Å². The van der Waals surface area contributed by atoms with Crippen molar-refractivity contribution in [2.75, 3.05) is 6.54 Å². The summed E-state index contributed by atoms with van der Waals surface area (Å²) in [6, 6.07) is 24.2. The number of amides is 2. The highest BCUT2D eigenvalue weighted by Gasteiger charge is 2.66. The van der Waals surface area contributed by atoms with Crippen molar-refractivity contribution in [1.29, 1.82) is 0 Å². The number of phenolic OH excluding ortho intramolecular Hbond substituents is 1. The molecule has 0 radical (unpaired) electrons. The topological polar surface area (TPSA) is 91.8 Å². The molecule has 7 rings (SSSR count). The largest absolute Gasteiger partial charge is 0.507 e. The second-order valence-corrected chi connectivity index (χ2v) is 12.6. The minimum absolute atomic E-state index is 0.0785. The predicted molar refractivity (Wildman–Crippen MR) is 166 cm³/mol. The molecule has 3 aromatic carbocycles. The molecule has 1 N–H and O–H groups in total. The lowest BCUT2D eigenvalue weighted by Gasteiger charge is -2.55. The van der Waals surface area contributed by atoms with Crippen molar-refractivity contribution in [1.82, 2.24) is 4.90 Å². The Balaban J connectivity index is 1.52. The Morgan fingerprint density at radius 3 is 2.27 bits per heavy atom. The highest BCUT2D eigenvalue weighted by Crippen LogP contribution is 2.64. The van der Waals surface area contributed by atoms with Crippen LogP contribution in [0, 0.1) is 30.6 Å². The molecule has 2 fully saturated rings. The Kier molecular flexibility index (Phi) is 6.76. The van der Waals surface area contributed by atoms with E-state index in [4.69, 9.17) is 0 Å². The van der Waals surface area contributed by atoms with Crippen molar-refractivity contribution >= 4 is 29.0 Å². The number of phenols is 1. The summed E-state index contributed by atoms with van der Waals surface area (Å²) >= 11 is 0. The predicted octanol–water partition coefficient (Wildman–Crippen LogP) is 5.94. The van der Waals surface area contributed by atoms with E-state index in [9.17, 15) is 24.3 Å². The van der Waals surface area contributed by atoms with Crippen molar-refractivity contribution in [2.45, 2.75) is 44.4 Å². The standard InChI is InChI=1S/C38H35NO5/c1-3-19-39-36(43)26-18-17-25-29(32(26)37(39)44)20-30-35(42)28(23-12-6-4-7-13-23)21-31(40)38(30,24-14-8-5-9-15-24)33(25)27-16-10-11-22(2)34(27)41/h4-17,21,26,29-30,32-33,41H,3,18-20H2,1-2H3/t26-,29+,30-,32-,33+,38-/m0/s1. The number of carbonyl (C=O) groups is 4. The summed E-state index contributed by atoms with van der Waals surface area (Å²) in [7, 11) is 0. The van der Waals surface area contributed by atoms with E-state index in [1.165, 1.54) is 11.0 Å². The maximum atomic E-state index is 14.9. The molecule has 222 valence electrons. The average Bonchev–Trinajstić information content (AvgIpc) is 3.29. The molecule has 0 unspecified atom stereocenters. The first-order chi connectivity index (χ1) is 21.3. The summed E-state index contributed by atoms with van der Waals surface area (Å²) in [6.45, 7) is 4.13. The Morgan fingerprint density at radius 1 is 0.864 bits per heavy atom. The molecule has 1 saturated heterocycles. The molecule has 0 aromatic heterocycles. The van der Waals surface area contributed by atoms with Crippen LogP contribution in [0.25, 0.3) is 5.57 Å². The molecule has 1 heterocycles. The fourth-order valence-electron chi connectivity index (χ4n) is 8.64. The van der Waals surface area contributed by atoms with Gasteiger partial charge in [-0.2, -0.15) is 0 Å². The van der Waals surface area contributed by atoms with Crippen molar-refractivity contribution < 1.29 is 24.3 Å². The maximum Gasteiger partial charge on any atom is 0.233 e. The Hall–Kier alpha value is -4.58. The third kappa shape index (κ3) is 3.86. The van der Waals surface area contributed by atoms with Gasteiger partial charge in [0.1, 0.15) is 5.75 Å². The molecule has 0 spiro atoms. The van der Waals surface area contributed by atoms with E-state index < -0.39 is 35.0 Å². The number of nitrogens with zero attached hydrogens (tertiary/aromatic N) is 1. The van der Waals surface area contributed by atoms with Gasteiger partial charge in [0, 0.05) is 29.5 Å². The number of ketones is 2. The van der Waals surface area contributed by atoms with Crippen LogP contribution in [0.3, 0.4) is 0 Å². The summed E-state index contributed by atoms with van der Waals surface area (Å²) < 4.78 is 0. The molecule has 3 aromatic rings. The normalized spacial score (nSPS) is 29.5. The fourth-order valence-corrected chi connectivity index (χ4v) is 8.64. The summed E-state index contributed by atoms with van der Waals surface area (Å²) in [5, 5.41) is 11.6. The third-order valence-corrected chi connectivity index (χ3v) is 10.5. The van der Waals surface area contributed by atoms with Gasteiger partial charge in [-0.15, -0.1) is 0 Å². The zero-order valence-electron chi connectivity index (χ0n) is 24.9. The van der Waals surface area contributed by atoms with Gasteiger partial charge in [-0.1, -0.05) is 97.4 Å². The van der Waals surface area contributed by atoms with Gasteiger partial charge in [-0.25, -0.2) is 0 Å². The first-order valence-electron chi connectivity index (χ1n) is 15.6. The number of likely N-dealkylation sites (tertiary alicyclic amines) is 1. The maximum absolute atomic E-state index is 14.9. The third-order valence-electron chi connectivity index (χ3n) is 10.5. The summed E-state index contributed by atoms with van der Waals surface area (Å²) in [4.78, 5) is 58.6. The molecular formula is C38H35NO5. The molecule has 3 aliphatic carbocycles. The molecule has 0 bridgehead atoms. The van der Waals surface area contributed by atoms with E-state index in [0.717, 1.165) is 5.57 Å². The summed E-state index contributed by atoms with van der Waals surface area (Å²) in [5.74, 6) is -3.65. The SMILES string of the molecule is CCCN1C(=O)[C@H]2[C@H](CC=C3[C@H]2C[C@H]2C(=O)C(c4ccccc4)=CC(=O)[C@@]2(c2ccccc2)[C@H]3c2cccc(C)c2O)C1=O. The van der Waals surface area contributed by atoms with Crippen LogP contribution in [0.1, 0.15) is 54.4 Å². The average molecular weight is 586 g/mol. The number of aryl methyl sites for hydroxylation is 1. The molecule has 4 aliphatic rings. The number of rotatable bonds is 5. The molecular weight excluding hydrogens is 550 g/mol. The fraction of sp³-hybridized carbons (Fsp3) is 0.316. The lowest BCUT2D eigenvalue weighted by atomic mass is 9.44. The summed E-state index contributed by atoms with van der Waals surface area (Å²) in [5.41, 5.74) is 2.49. The van der Waals surface area contributed by atoms with Gasteiger partial charge < -0.3 is 5.11 Å². The second-order valence-electron chi connectivity index (χ2n) is 12.6. The quantitative estimate of drug-likeness (QED) is 0.296. The van der Waals surface area contributed by atoms with Gasteiger partial charge in [0.2, 0.25) is 11.8 Å². The van der Waals surface area contributed by atoms with Crippen molar-refractivity contribution in [3.63, 3.8) is 0 Å². The molecule has 6 heteroatoms. The Bertz CT molecular complexity index is 1760. The molecule has 6 atom stereocenters. The number of fused-ring (bicyclic) bond motifs is 4. The highest BCUT2D eigenvalue weighted by atomic mass is 16.3. The number of allylic oxidation sites excluding steroid dienone is 4. The minimum atomic E-state index is -1.34. The lowest BCUT2D eigenvalue weighted by Crippen LogP contribution is -2.58. The number of benzene rings is 3. The Labute approximate surface area is 257 Å². The van der Waals surface area contributed by atoms with E-state index in [1.807, 2.05) is 98.8 Å². The number of para-hydroxylation sites is 1. The number of hydrogen-bond donors (Lipinski definition) is 1. The van der Waals surface area contributed by atoms with E-state index in [2.05, 4.69) is 0 Å². The first-order valence-corrected chi connectivity index (χ1v) is 15.6. The van der Waals surface area contributed by atoms with Crippen LogP contribution in [0.5, 0.6) is 5.75 Å². The molecule has 1 aliphatic heterocycles. The smallest absolute Gasteiger partial charge is 0.233 e. The Morgan fingerprint density at radius 2 is 1.57 bits per heavy atom. The van der Waals surface area contributed by atoms with Crippen LogP contribution in [0.2, 0.25) is 0 Å².